The number of carbonyl (C=O) groups excluding carboxylic acids is 2. The van der Waals surface area contributed by atoms with E-state index in [0.717, 1.165) is 34.0 Å². The molecule has 0 atom stereocenters. The lowest BCUT2D eigenvalue weighted by Crippen LogP contribution is -2.35. The Bertz CT molecular complexity index is 1020. The number of nitrogens with zero attached hydrogens (tertiary/aromatic N) is 2. The second kappa shape index (κ2) is 8.71. The van der Waals surface area contributed by atoms with Crippen LogP contribution in [-0.4, -0.2) is 27.9 Å². The third kappa shape index (κ3) is 5.20. The molecule has 0 aliphatic carbocycles. The molecule has 3 rings (SSSR count). The quantitative estimate of drug-likeness (QED) is 0.630. The molecule has 2 N–H and O–H groups in total. The van der Waals surface area contributed by atoms with Crippen molar-refractivity contribution in [3.63, 3.8) is 0 Å². The van der Waals surface area contributed by atoms with Gasteiger partial charge in [0.2, 0.25) is 11.8 Å². The van der Waals surface area contributed by atoms with Crippen LogP contribution in [0, 0.1) is 20.8 Å². The Kier molecular flexibility index (Phi) is 6.10. The fourth-order valence-corrected chi connectivity index (χ4v) is 3.12. The van der Waals surface area contributed by atoms with Crippen molar-refractivity contribution in [1.29, 1.82) is 0 Å². The molecule has 0 aliphatic rings. The van der Waals surface area contributed by atoms with Crippen LogP contribution < -0.4 is 10.6 Å². The zero-order valence-corrected chi connectivity index (χ0v) is 16.6. The molecule has 0 saturated carbocycles. The number of nitrogens with one attached hydrogen (secondary N) is 2. The number of hydrogen-bond acceptors (Lipinski definition) is 6. The maximum Gasteiger partial charge on any atom is 0.325 e. The minimum atomic E-state index is -0.580. The van der Waals surface area contributed by atoms with Crippen molar-refractivity contribution in [3.8, 4) is 11.5 Å². The van der Waals surface area contributed by atoms with Gasteiger partial charge in [-0.1, -0.05) is 47.2 Å². The van der Waals surface area contributed by atoms with E-state index < -0.39 is 11.9 Å². The highest BCUT2D eigenvalue weighted by Crippen LogP contribution is 2.23. The van der Waals surface area contributed by atoms with Gasteiger partial charge < -0.3 is 9.73 Å². The van der Waals surface area contributed by atoms with Gasteiger partial charge in [0, 0.05) is 11.3 Å². The molecule has 2 aromatic carbocycles. The van der Waals surface area contributed by atoms with Crippen molar-refractivity contribution in [3.05, 3.63) is 59.2 Å². The van der Waals surface area contributed by atoms with E-state index in [-0.39, 0.29) is 11.0 Å². The number of urea groups is 1. The van der Waals surface area contributed by atoms with Crippen molar-refractivity contribution in [2.75, 3.05) is 11.1 Å². The van der Waals surface area contributed by atoms with Gasteiger partial charge in [-0.15, -0.1) is 10.2 Å². The minimum Gasteiger partial charge on any atom is -0.411 e. The number of carbonyl (C=O) groups is 2. The summed E-state index contributed by atoms with van der Waals surface area (Å²) >= 11 is 1.07. The Morgan fingerprint density at radius 3 is 2.57 bits per heavy atom. The van der Waals surface area contributed by atoms with Gasteiger partial charge >= 0.3 is 6.03 Å². The van der Waals surface area contributed by atoms with Crippen LogP contribution in [0.3, 0.4) is 0 Å². The molecule has 144 valence electrons. The maximum atomic E-state index is 12.0. The lowest BCUT2D eigenvalue weighted by Gasteiger charge is -2.09. The summed E-state index contributed by atoms with van der Waals surface area (Å²) in [6.45, 7) is 5.84. The van der Waals surface area contributed by atoms with Crippen LogP contribution in [0.5, 0.6) is 0 Å². The van der Waals surface area contributed by atoms with E-state index in [2.05, 4.69) is 20.8 Å². The Morgan fingerprint density at radius 1 is 1.04 bits per heavy atom. The highest BCUT2D eigenvalue weighted by atomic mass is 32.2. The molecular formula is C20H20N4O3S. The van der Waals surface area contributed by atoms with Crippen LogP contribution in [0.2, 0.25) is 0 Å². The van der Waals surface area contributed by atoms with Gasteiger partial charge in [-0.3, -0.25) is 10.1 Å². The lowest BCUT2D eigenvalue weighted by atomic mass is 10.1. The summed E-state index contributed by atoms with van der Waals surface area (Å²) < 4.78 is 5.56. The standard InChI is InChI=1S/C20H20N4O3S/c1-12-5-4-6-15(10-12)18-23-24-20(27-18)28-11-17(25)22-19(26)21-16-8-7-13(2)9-14(16)3/h4-10H,11H2,1-3H3,(H2,21,22,25,26). The van der Waals surface area contributed by atoms with Crippen LogP contribution in [-0.2, 0) is 4.79 Å². The molecule has 28 heavy (non-hydrogen) atoms. The van der Waals surface area contributed by atoms with Gasteiger partial charge in [0.25, 0.3) is 5.22 Å². The van der Waals surface area contributed by atoms with Gasteiger partial charge in [0.1, 0.15) is 0 Å². The number of hydrogen-bond donors (Lipinski definition) is 2. The van der Waals surface area contributed by atoms with Crippen LogP contribution in [0.15, 0.2) is 52.1 Å². The first kappa shape index (κ1) is 19.6. The molecule has 0 unspecified atom stereocenters. The predicted octanol–water partition coefficient (Wildman–Crippen LogP) is 4.10. The molecule has 1 heterocycles. The van der Waals surface area contributed by atoms with Gasteiger partial charge in [0.05, 0.1) is 5.75 Å². The average molecular weight is 396 g/mol. The first-order valence-electron chi connectivity index (χ1n) is 8.62. The van der Waals surface area contributed by atoms with E-state index >= 15 is 0 Å². The van der Waals surface area contributed by atoms with E-state index in [1.54, 1.807) is 6.07 Å². The number of aryl methyl sites for hydroxylation is 3. The summed E-state index contributed by atoms with van der Waals surface area (Å²) in [5.74, 6) is -0.0859. The SMILES string of the molecule is Cc1cccc(-c2nnc(SCC(=O)NC(=O)Nc3ccc(C)cc3C)o2)c1. The van der Waals surface area contributed by atoms with E-state index in [4.69, 9.17) is 4.42 Å². The third-order valence-corrected chi connectivity index (χ3v) is 4.70. The Labute approximate surface area is 166 Å². The van der Waals surface area contributed by atoms with Gasteiger partial charge in [0.15, 0.2) is 0 Å². The highest BCUT2D eigenvalue weighted by molar-refractivity contribution is 7.99. The predicted molar refractivity (Wildman–Crippen MR) is 108 cm³/mol. The fourth-order valence-electron chi connectivity index (χ4n) is 2.56. The van der Waals surface area contributed by atoms with Crippen molar-refractivity contribution in [2.45, 2.75) is 26.0 Å². The third-order valence-electron chi connectivity index (χ3n) is 3.88. The molecule has 0 radical (unpaired) electrons. The number of rotatable bonds is 5. The molecule has 0 aliphatic heterocycles. The normalized spacial score (nSPS) is 10.5. The smallest absolute Gasteiger partial charge is 0.325 e. The van der Waals surface area contributed by atoms with Crippen LogP contribution >= 0.6 is 11.8 Å². The summed E-state index contributed by atoms with van der Waals surface area (Å²) in [5, 5.41) is 13.1. The number of anilines is 1. The molecule has 3 amide bonds. The minimum absolute atomic E-state index is 0.0181. The molecule has 8 heteroatoms. The second-order valence-electron chi connectivity index (χ2n) is 6.35. The number of amides is 3. The largest absolute Gasteiger partial charge is 0.411 e. The fraction of sp³-hybridized carbons (Fsp3) is 0.200. The monoisotopic (exact) mass is 396 g/mol. The molecule has 0 bridgehead atoms. The van der Waals surface area contributed by atoms with E-state index in [9.17, 15) is 9.59 Å². The Hall–Kier alpha value is -3.13. The summed E-state index contributed by atoms with van der Waals surface area (Å²) in [5.41, 5.74) is 4.58. The van der Waals surface area contributed by atoms with E-state index in [0.29, 0.717) is 11.6 Å². The molecule has 0 spiro atoms. The van der Waals surface area contributed by atoms with Gasteiger partial charge in [-0.25, -0.2) is 4.79 Å². The van der Waals surface area contributed by atoms with E-state index in [1.165, 1.54) is 0 Å². The van der Waals surface area contributed by atoms with Gasteiger partial charge in [-0.05, 0) is 44.5 Å². The Balaban J connectivity index is 1.51. The number of thioether (sulfide) groups is 1. The first-order chi connectivity index (χ1) is 13.4. The first-order valence-corrected chi connectivity index (χ1v) is 9.61. The molecule has 0 fully saturated rings. The van der Waals surface area contributed by atoms with Crippen molar-refractivity contribution < 1.29 is 14.0 Å². The summed E-state index contributed by atoms with van der Waals surface area (Å²) in [6.07, 6.45) is 0. The van der Waals surface area contributed by atoms with Crippen molar-refractivity contribution in [2.24, 2.45) is 0 Å². The summed E-state index contributed by atoms with van der Waals surface area (Å²) in [6, 6.07) is 12.8. The van der Waals surface area contributed by atoms with Gasteiger partial charge in [-0.2, -0.15) is 0 Å². The van der Waals surface area contributed by atoms with Crippen molar-refractivity contribution in [1.82, 2.24) is 15.5 Å². The van der Waals surface area contributed by atoms with Crippen molar-refractivity contribution >= 4 is 29.4 Å². The molecule has 1 aromatic heterocycles. The number of aromatic nitrogens is 2. The highest BCUT2D eigenvalue weighted by Gasteiger charge is 2.13. The number of benzene rings is 2. The van der Waals surface area contributed by atoms with Crippen LogP contribution in [0.4, 0.5) is 10.5 Å². The lowest BCUT2D eigenvalue weighted by molar-refractivity contribution is -0.117. The molecule has 3 aromatic rings. The second-order valence-corrected chi connectivity index (χ2v) is 7.28. The summed E-state index contributed by atoms with van der Waals surface area (Å²) in [4.78, 5) is 24.0. The molecule has 7 nitrogen and oxygen atoms in total. The zero-order chi connectivity index (χ0) is 20.1. The van der Waals surface area contributed by atoms with E-state index in [1.807, 2.05) is 57.2 Å². The van der Waals surface area contributed by atoms with Crippen LogP contribution in [0.1, 0.15) is 16.7 Å². The molecular weight excluding hydrogens is 376 g/mol. The maximum absolute atomic E-state index is 12.0. The molecule has 0 saturated heterocycles. The number of imide groups is 1. The summed E-state index contributed by atoms with van der Waals surface area (Å²) in [7, 11) is 0. The van der Waals surface area contributed by atoms with Crippen LogP contribution in [0.25, 0.3) is 11.5 Å². The average Bonchev–Trinajstić information content (AvgIpc) is 3.11. The topological polar surface area (TPSA) is 97.1 Å². The Morgan fingerprint density at radius 2 is 1.82 bits per heavy atom. The zero-order valence-electron chi connectivity index (χ0n) is 15.8.